The van der Waals surface area contributed by atoms with E-state index in [1.807, 2.05) is 12.1 Å². The van der Waals surface area contributed by atoms with Crippen LogP contribution in [0, 0.1) is 0 Å². The molecule has 0 fully saturated rings. The topological polar surface area (TPSA) is 66.4 Å². The molecule has 5 heteroatoms. The van der Waals surface area contributed by atoms with Crippen LogP contribution in [-0.2, 0) is 16.7 Å². The van der Waals surface area contributed by atoms with E-state index >= 15 is 0 Å². The van der Waals surface area contributed by atoms with Gasteiger partial charge in [0.05, 0.1) is 4.90 Å². The lowest BCUT2D eigenvalue weighted by molar-refractivity contribution is 0.306. The predicted molar refractivity (Wildman–Crippen MR) is 83.9 cm³/mol. The average molecular weight is 319 g/mol. The molecule has 0 saturated heterocycles. The molecular weight excluding hydrogens is 300 g/mol. The van der Waals surface area contributed by atoms with Crippen molar-refractivity contribution in [3.8, 4) is 5.75 Å². The fourth-order valence-corrected chi connectivity index (χ4v) is 2.52. The second kappa shape index (κ2) is 6.94. The van der Waals surface area contributed by atoms with Crippen LogP contribution in [0.3, 0.4) is 0 Å². The molecular formula is C17H19O4S-. The Morgan fingerprint density at radius 1 is 1.05 bits per heavy atom. The molecule has 1 atom stereocenters. The van der Waals surface area contributed by atoms with Crippen molar-refractivity contribution in [2.24, 2.45) is 0 Å². The summed E-state index contributed by atoms with van der Waals surface area (Å²) < 4.78 is 38.2. The number of hydrogen-bond donors (Lipinski definition) is 0. The van der Waals surface area contributed by atoms with Gasteiger partial charge in [-0.1, -0.05) is 38.1 Å². The van der Waals surface area contributed by atoms with Crippen molar-refractivity contribution in [1.82, 2.24) is 0 Å². The van der Waals surface area contributed by atoms with Gasteiger partial charge >= 0.3 is 0 Å². The molecule has 0 aliphatic heterocycles. The smallest absolute Gasteiger partial charge is 0.124 e. The van der Waals surface area contributed by atoms with E-state index in [4.69, 9.17) is 4.74 Å². The molecule has 0 aromatic heterocycles. The van der Waals surface area contributed by atoms with Crippen molar-refractivity contribution in [2.75, 3.05) is 0 Å². The second-order valence-corrected chi connectivity index (χ2v) is 6.64. The van der Waals surface area contributed by atoms with Crippen LogP contribution in [0.15, 0.2) is 53.4 Å². The average Bonchev–Trinajstić information content (AvgIpc) is 2.52. The molecule has 4 nitrogen and oxygen atoms in total. The van der Waals surface area contributed by atoms with E-state index in [0.29, 0.717) is 12.5 Å². The van der Waals surface area contributed by atoms with Gasteiger partial charge < -0.3 is 9.29 Å². The second-order valence-electron chi connectivity index (χ2n) is 5.27. The van der Waals surface area contributed by atoms with Crippen LogP contribution in [0.2, 0.25) is 0 Å². The minimum absolute atomic E-state index is 0.228. The molecule has 0 heterocycles. The van der Waals surface area contributed by atoms with Crippen molar-refractivity contribution in [2.45, 2.75) is 37.7 Å². The molecule has 0 amide bonds. The Morgan fingerprint density at radius 2 is 1.64 bits per heavy atom. The highest BCUT2D eigenvalue weighted by atomic mass is 32.2. The molecule has 22 heavy (non-hydrogen) atoms. The van der Waals surface area contributed by atoms with Crippen LogP contribution in [0.5, 0.6) is 5.75 Å². The highest BCUT2D eigenvalue weighted by Gasteiger charge is 2.04. The van der Waals surface area contributed by atoms with Gasteiger partial charge in [0.25, 0.3) is 0 Å². The molecule has 0 aliphatic rings. The summed E-state index contributed by atoms with van der Waals surface area (Å²) in [5.74, 6) is 1.28. The Kier molecular flexibility index (Phi) is 5.21. The van der Waals surface area contributed by atoms with Crippen LogP contribution >= 0.6 is 0 Å². The number of benzene rings is 2. The fraction of sp³-hybridized carbons (Fsp3) is 0.294. The van der Waals surface area contributed by atoms with E-state index in [1.165, 1.54) is 17.7 Å². The van der Waals surface area contributed by atoms with Crippen LogP contribution in [0.1, 0.15) is 37.3 Å². The van der Waals surface area contributed by atoms with E-state index < -0.39 is 10.1 Å². The summed E-state index contributed by atoms with van der Waals surface area (Å²) in [5, 5.41) is 0. The largest absolute Gasteiger partial charge is 0.744 e. The molecule has 118 valence electrons. The first-order valence-electron chi connectivity index (χ1n) is 7.17. The van der Waals surface area contributed by atoms with Crippen LogP contribution in [-0.4, -0.2) is 13.0 Å². The third kappa shape index (κ3) is 4.32. The third-order valence-corrected chi connectivity index (χ3v) is 4.53. The van der Waals surface area contributed by atoms with Gasteiger partial charge in [-0.3, -0.25) is 0 Å². The SMILES string of the molecule is CCC(C)c1ccc(OCc2ccc(S(=O)(=O)[O-])cc2)cc1. The molecule has 0 N–H and O–H groups in total. The van der Waals surface area contributed by atoms with E-state index in [9.17, 15) is 13.0 Å². The van der Waals surface area contributed by atoms with Crippen molar-refractivity contribution < 1.29 is 17.7 Å². The van der Waals surface area contributed by atoms with Gasteiger partial charge in [-0.05, 0) is 47.7 Å². The van der Waals surface area contributed by atoms with Gasteiger partial charge in [-0.15, -0.1) is 0 Å². The molecule has 1 unspecified atom stereocenters. The summed E-state index contributed by atoms with van der Waals surface area (Å²) in [4.78, 5) is -0.228. The molecule has 0 radical (unpaired) electrons. The molecule has 0 bridgehead atoms. The van der Waals surface area contributed by atoms with E-state index in [1.54, 1.807) is 12.1 Å². The van der Waals surface area contributed by atoms with Crippen LogP contribution in [0.4, 0.5) is 0 Å². The Hall–Kier alpha value is -1.85. The van der Waals surface area contributed by atoms with Crippen LogP contribution < -0.4 is 4.74 Å². The van der Waals surface area contributed by atoms with Gasteiger partial charge in [-0.2, -0.15) is 0 Å². The van der Waals surface area contributed by atoms with Crippen molar-refractivity contribution >= 4 is 10.1 Å². The molecule has 2 aromatic rings. The van der Waals surface area contributed by atoms with Gasteiger partial charge in [0.1, 0.15) is 22.5 Å². The highest BCUT2D eigenvalue weighted by molar-refractivity contribution is 7.85. The Morgan fingerprint density at radius 3 is 2.14 bits per heavy atom. The van der Waals surface area contributed by atoms with Gasteiger partial charge in [0.15, 0.2) is 0 Å². The summed E-state index contributed by atoms with van der Waals surface area (Å²) >= 11 is 0. The first kappa shape index (κ1) is 16.5. The third-order valence-electron chi connectivity index (χ3n) is 3.68. The monoisotopic (exact) mass is 319 g/mol. The summed E-state index contributed by atoms with van der Waals surface area (Å²) in [7, 11) is -4.39. The lowest BCUT2D eigenvalue weighted by atomic mass is 9.99. The van der Waals surface area contributed by atoms with Crippen LogP contribution in [0.25, 0.3) is 0 Å². The maximum atomic E-state index is 10.8. The zero-order valence-corrected chi connectivity index (χ0v) is 13.5. The Balaban J connectivity index is 1.98. The molecule has 0 saturated carbocycles. The van der Waals surface area contributed by atoms with Crippen molar-refractivity contribution in [3.05, 3.63) is 59.7 Å². The molecule has 0 aliphatic carbocycles. The quantitative estimate of drug-likeness (QED) is 0.762. The maximum Gasteiger partial charge on any atom is 0.124 e. The summed E-state index contributed by atoms with van der Waals surface area (Å²) in [6.07, 6.45) is 1.09. The summed E-state index contributed by atoms with van der Waals surface area (Å²) in [5.41, 5.74) is 2.08. The summed E-state index contributed by atoms with van der Waals surface area (Å²) in [6, 6.07) is 13.7. The molecule has 2 rings (SSSR count). The zero-order valence-electron chi connectivity index (χ0n) is 12.7. The first-order valence-corrected chi connectivity index (χ1v) is 8.58. The number of ether oxygens (including phenoxy) is 1. The van der Waals surface area contributed by atoms with Gasteiger partial charge in [0.2, 0.25) is 0 Å². The first-order chi connectivity index (χ1) is 10.4. The normalized spacial score (nSPS) is 12.9. The van der Waals surface area contributed by atoms with Gasteiger partial charge in [-0.25, -0.2) is 8.42 Å². The summed E-state index contributed by atoms with van der Waals surface area (Å²) in [6.45, 7) is 4.66. The minimum Gasteiger partial charge on any atom is -0.744 e. The minimum atomic E-state index is -4.39. The highest BCUT2D eigenvalue weighted by Crippen LogP contribution is 2.22. The lowest BCUT2D eigenvalue weighted by Gasteiger charge is -2.11. The van der Waals surface area contributed by atoms with Crippen molar-refractivity contribution in [3.63, 3.8) is 0 Å². The van der Waals surface area contributed by atoms with E-state index in [-0.39, 0.29) is 4.90 Å². The number of hydrogen-bond acceptors (Lipinski definition) is 4. The number of rotatable bonds is 6. The standard InChI is InChI=1S/C17H20O4S/c1-3-13(2)15-6-8-16(9-7-15)21-12-14-4-10-17(11-5-14)22(18,19)20/h4-11,13H,3,12H2,1-2H3,(H,18,19,20)/p-1. The predicted octanol–water partition coefficient (Wildman–Crippen LogP) is 3.68. The Bertz CT molecular complexity index is 703. The molecule has 0 spiro atoms. The van der Waals surface area contributed by atoms with E-state index in [0.717, 1.165) is 17.7 Å². The van der Waals surface area contributed by atoms with Gasteiger partial charge in [0, 0.05) is 0 Å². The maximum absolute atomic E-state index is 10.8. The fourth-order valence-electron chi connectivity index (χ4n) is 2.05. The van der Waals surface area contributed by atoms with Crippen molar-refractivity contribution in [1.29, 1.82) is 0 Å². The molecule has 2 aromatic carbocycles. The zero-order chi connectivity index (χ0) is 16.2. The lowest BCUT2D eigenvalue weighted by Crippen LogP contribution is -2.00. The van der Waals surface area contributed by atoms with E-state index in [2.05, 4.69) is 26.0 Å². The Labute approximate surface area is 131 Å².